The Labute approximate surface area is 103 Å². The quantitative estimate of drug-likeness (QED) is 0.664. The van der Waals surface area contributed by atoms with Gasteiger partial charge in [0.2, 0.25) is 5.75 Å². The molecule has 0 radical (unpaired) electrons. The van der Waals surface area contributed by atoms with Gasteiger partial charge in [0.25, 0.3) is 0 Å². The van der Waals surface area contributed by atoms with Gasteiger partial charge in [-0.25, -0.2) is 0 Å². The summed E-state index contributed by atoms with van der Waals surface area (Å²) in [4.78, 5) is 0. The molecular formula is C14H22O3. The summed E-state index contributed by atoms with van der Waals surface area (Å²) in [5, 5.41) is 28.4. The summed E-state index contributed by atoms with van der Waals surface area (Å²) in [5.41, 5.74) is 0.711. The molecule has 1 atom stereocenters. The van der Waals surface area contributed by atoms with Crippen molar-refractivity contribution in [2.24, 2.45) is 5.92 Å². The first-order valence-corrected chi connectivity index (χ1v) is 6.32. The lowest BCUT2D eigenvalue weighted by Gasteiger charge is -2.15. The molecule has 0 aliphatic carbocycles. The van der Waals surface area contributed by atoms with E-state index in [-0.39, 0.29) is 11.5 Å². The van der Waals surface area contributed by atoms with Crippen molar-refractivity contribution in [2.75, 3.05) is 0 Å². The fraction of sp³-hybridized carbons (Fsp3) is 0.571. The molecule has 0 heterocycles. The minimum Gasteiger partial charge on any atom is -0.504 e. The van der Waals surface area contributed by atoms with E-state index in [1.807, 2.05) is 0 Å². The highest BCUT2D eigenvalue weighted by Gasteiger charge is 2.14. The summed E-state index contributed by atoms with van der Waals surface area (Å²) >= 11 is 0. The van der Waals surface area contributed by atoms with E-state index in [0.29, 0.717) is 11.5 Å². The molecule has 0 aromatic heterocycles. The predicted molar refractivity (Wildman–Crippen MR) is 68.4 cm³/mol. The normalized spacial score (nSPS) is 12.6. The van der Waals surface area contributed by atoms with Gasteiger partial charge in [-0.15, -0.1) is 0 Å². The third kappa shape index (κ3) is 3.55. The second-order valence-electron chi connectivity index (χ2n) is 4.56. The number of rotatable bonds is 6. The highest BCUT2D eigenvalue weighted by Crippen LogP contribution is 2.38. The van der Waals surface area contributed by atoms with Crippen LogP contribution in [0.5, 0.6) is 17.2 Å². The van der Waals surface area contributed by atoms with Gasteiger partial charge in [0.15, 0.2) is 11.5 Å². The van der Waals surface area contributed by atoms with Crippen LogP contribution < -0.4 is 0 Å². The first kappa shape index (κ1) is 13.7. The minimum atomic E-state index is -0.409. The van der Waals surface area contributed by atoms with Gasteiger partial charge in [0, 0.05) is 0 Å². The van der Waals surface area contributed by atoms with Gasteiger partial charge in [0.05, 0.1) is 0 Å². The smallest absolute Gasteiger partial charge is 0.200 e. The van der Waals surface area contributed by atoms with Crippen molar-refractivity contribution in [1.82, 2.24) is 0 Å². The zero-order valence-corrected chi connectivity index (χ0v) is 10.6. The van der Waals surface area contributed by atoms with Gasteiger partial charge >= 0.3 is 0 Å². The maximum atomic E-state index is 9.74. The molecule has 0 bridgehead atoms. The number of aromatic hydroxyl groups is 3. The predicted octanol–water partition coefficient (Wildman–Crippen LogP) is 3.56. The summed E-state index contributed by atoms with van der Waals surface area (Å²) in [6.45, 7) is 4.30. The van der Waals surface area contributed by atoms with Crippen LogP contribution in [0.3, 0.4) is 0 Å². The van der Waals surface area contributed by atoms with Crippen LogP contribution in [-0.2, 0) is 6.42 Å². The summed E-state index contributed by atoms with van der Waals surface area (Å²) in [7, 11) is 0. The monoisotopic (exact) mass is 238 g/mol. The van der Waals surface area contributed by atoms with Crippen molar-refractivity contribution in [3.8, 4) is 17.2 Å². The zero-order chi connectivity index (χ0) is 12.8. The van der Waals surface area contributed by atoms with Crippen molar-refractivity contribution < 1.29 is 15.3 Å². The largest absolute Gasteiger partial charge is 0.504 e. The second-order valence-corrected chi connectivity index (χ2v) is 4.56. The van der Waals surface area contributed by atoms with E-state index < -0.39 is 5.75 Å². The van der Waals surface area contributed by atoms with E-state index in [9.17, 15) is 15.3 Å². The number of benzene rings is 1. The van der Waals surface area contributed by atoms with E-state index in [1.54, 1.807) is 6.07 Å². The SMILES string of the molecule is CCCCC(CC)Cc1ccc(O)c(O)c1O. The average molecular weight is 238 g/mol. The molecule has 96 valence electrons. The molecular weight excluding hydrogens is 216 g/mol. The summed E-state index contributed by atoms with van der Waals surface area (Å²) in [5.74, 6) is -0.342. The standard InChI is InChI=1S/C14H22O3/c1-3-5-6-10(4-2)9-11-7-8-12(15)14(17)13(11)16/h7-8,10,15-17H,3-6,9H2,1-2H3. The molecule has 1 aromatic rings. The van der Waals surface area contributed by atoms with Gasteiger partial charge in [-0.3, -0.25) is 0 Å². The molecule has 1 unspecified atom stereocenters. The van der Waals surface area contributed by atoms with E-state index in [1.165, 1.54) is 18.9 Å². The lowest BCUT2D eigenvalue weighted by molar-refractivity contribution is 0.360. The molecule has 3 N–H and O–H groups in total. The number of phenolic OH excluding ortho intramolecular Hbond substituents is 3. The van der Waals surface area contributed by atoms with Gasteiger partial charge in [-0.1, -0.05) is 45.6 Å². The summed E-state index contributed by atoms with van der Waals surface area (Å²) < 4.78 is 0. The van der Waals surface area contributed by atoms with Crippen LogP contribution in [0.4, 0.5) is 0 Å². The number of hydrogen-bond acceptors (Lipinski definition) is 3. The number of phenols is 3. The lowest BCUT2D eigenvalue weighted by atomic mass is 9.91. The number of unbranched alkanes of at least 4 members (excludes halogenated alkanes) is 1. The topological polar surface area (TPSA) is 60.7 Å². The van der Waals surface area contributed by atoms with Crippen molar-refractivity contribution in [1.29, 1.82) is 0 Å². The average Bonchev–Trinajstić information content (AvgIpc) is 2.34. The molecule has 0 fully saturated rings. The molecule has 3 heteroatoms. The Hall–Kier alpha value is -1.38. The van der Waals surface area contributed by atoms with Crippen LogP contribution in [0.2, 0.25) is 0 Å². The Morgan fingerprint density at radius 2 is 1.76 bits per heavy atom. The Morgan fingerprint density at radius 1 is 1.06 bits per heavy atom. The highest BCUT2D eigenvalue weighted by molar-refractivity contribution is 5.53. The van der Waals surface area contributed by atoms with Crippen molar-refractivity contribution in [3.05, 3.63) is 17.7 Å². The fourth-order valence-electron chi connectivity index (χ4n) is 2.03. The molecule has 1 rings (SSSR count). The minimum absolute atomic E-state index is 0.181. The van der Waals surface area contributed by atoms with Crippen LogP contribution in [-0.4, -0.2) is 15.3 Å². The van der Waals surface area contributed by atoms with Crippen LogP contribution in [0.25, 0.3) is 0 Å². The molecule has 17 heavy (non-hydrogen) atoms. The Kier molecular flexibility index (Phi) is 5.13. The fourth-order valence-corrected chi connectivity index (χ4v) is 2.03. The lowest BCUT2D eigenvalue weighted by Crippen LogP contribution is -2.03. The van der Waals surface area contributed by atoms with Crippen molar-refractivity contribution in [3.63, 3.8) is 0 Å². The summed E-state index contributed by atoms with van der Waals surface area (Å²) in [6, 6.07) is 3.11. The molecule has 0 aliphatic rings. The molecule has 1 aromatic carbocycles. The van der Waals surface area contributed by atoms with E-state index in [0.717, 1.165) is 19.3 Å². The van der Waals surface area contributed by atoms with Gasteiger partial charge < -0.3 is 15.3 Å². The van der Waals surface area contributed by atoms with Crippen LogP contribution >= 0.6 is 0 Å². The Bertz CT molecular complexity index is 361. The maximum absolute atomic E-state index is 9.74. The Balaban J connectivity index is 2.76. The van der Waals surface area contributed by atoms with Gasteiger partial charge in [-0.05, 0) is 24.0 Å². The first-order chi connectivity index (χ1) is 8.10. The van der Waals surface area contributed by atoms with Crippen molar-refractivity contribution in [2.45, 2.75) is 46.0 Å². The van der Waals surface area contributed by atoms with E-state index in [2.05, 4.69) is 13.8 Å². The zero-order valence-electron chi connectivity index (χ0n) is 10.6. The first-order valence-electron chi connectivity index (χ1n) is 6.32. The third-order valence-electron chi connectivity index (χ3n) is 3.27. The van der Waals surface area contributed by atoms with E-state index in [4.69, 9.17) is 0 Å². The highest BCUT2D eigenvalue weighted by atomic mass is 16.3. The van der Waals surface area contributed by atoms with Crippen LogP contribution in [0.1, 0.15) is 45.1 Å². The molecule has 3 nitrogen and oxygen atoms in total. The number of hydrogen-bond donors (Lipinski definition) is 3. The third-order valence-corrected chi connectivity index (χ3v) is 3.27. The van der Waals surface area contributed by atoms with Crippen LogP contribution in [0.15, 0.2) is 12.1 Å². The maximum Gasteiger partial charge on any atom is 0.200 e. The molecule has 0 saturated heterocycles. The van der Waals surface area contributed by atoms with Gasteiger partial charge in [-0.2, -0.15) is 0 Å². The molecule has 0 saturated carbocycles. The van der Waals surface area contributed by atoms with Crippen LogP contribution in [0, 0.1) is 5.92 Å². The Morgan fingerprint density at radius 3 is 2.35 bits per heavy atom. The van der Waals surface area contributed by atoms with E-state index >= 15 is 0 Å². The second kappa shape index (κ2) is 6.38. The van der Waals surface area contributed by atoms with Gasteiger partial charge in [0.1, 0.15) is 0 Å². The molecule has 0 aliphatic heterocycles. The molecule has 0 spiro atoms. The van der Waals surface area contributed by atoms with Crippen molar-refractivity contribution >= 4 is 0 Å². The summed E-state index contributed by atoms with van der Waals surface area (Å²) in [6.07, 6.45) is 5.29. The molecule has 0 amide bonds.